The van der Waals surface area contributed by atoms with Crippen molar-refractivity contribution in [1.29, 1.82) is 0 Å². The lowest BCUT2D eigenvalue weighted by atomic mass is 10.1. The molecule has 0 unspecified atom stereocenters. The molecule has 2 saturated heterocycles. The summed E-state index contributed by atoms with van der Waals surface area (Å²) in [6.45, 7) is 2.65. The second-order valence-electron chi connectivity index (χ2n) is 5.86. The fraction of sp³-hybridized carbons (Fsp3) is 0.643. The highest BCUT2D eigenvalue weighted by atomic mass is 16.5. The zero-order chi connectivity index (χ0) is 13.5. The van der Waals surface area contributed by atoms with Gasteiger partial charge in [-0.1, -0.05) is 0 Å². The van der Waals surface area contributed by atoms with Gasteiger partial charge in [-0.25, -0.2) is 9.97 Å². The molecule has 0 radical (unpaired) electrons. The second-order valence-corrected chi connectivity index (χ2v) is 5.86. The van der Waals surface area contributed by atoms with Crippen LogP contribution in [-0.2, 0) is 9.53 Å². The maximum Gasteiger partial charge on any atom is 0.248 e. The van der Waals surface area contributed by atoms with Crippen molar-refractivity contribution in [2.24, 2.45) is 5.92 Å². The molecule has 3 aliphatic rings. The average molecular weight is 274 g/mol. The van der Waals surface area contributed by atoms with Crippen molar-refractivity contribution in [2.45, 2.75) is 25.0 Å². The van der Waals surface area contributed by atoms with Crippen molar-refractivity contribution in [2.75, 3.05) is 31.1 Å². The minimum absolute atomic E-state index is 0.0928. The quantitative estimate of drug-likeness (QED) is 0.793. The van der Waals surface area contributed by atoms with Crippen LogP contribution in [-0.4, -0.2) is 59.2 Å². The summed E-state index contributed by atoms with van der Waals surface area (Å²) in [6.07, 6.45) is 6.10. The lowest BCUT2D eigenvalue weighted by Gasteiger charge is -2.36. The Labute approximate surface area is 117 Å². The van der Waals surface area contributed by atoms with Crippen molar-refractivity contribution >= 4 is 11.9 Å². The van der Waals surface area contributed by atoms with Crippen LogP contribution in [0.3, 0.4) is 0 Å². The largest absolute Gasteiger partial charge is 0.364 e. The molecule has 6 nitrogen and oxygen atoms in total. The molecule has 20 heavy (non-hydrogen) atoms. The lowest BCUT2D eigenvalue weighted by Crippen LogP contribution is -2.54. The van der Waals surface area contributed by atoms with Crippen LogP contribution in [0.4, 0.5) is 5.95 Å². The summed E-state index contributed by atoms with van der Waals surface area (Å²) in [4.78, 5) is 24.8. The molecule has 2 aliphatic heterocycles. The van der Waals surface area contributed by atoms with Gasteiger partial charge in [-0.2, -0.15) is 0 Å². The number of hydrogen-bond donors (Lipinski definition) is 0. The van der Waals surface area contributed by atoms with Gasteiger partial charge < -0.3 is 14.5 Å². The van der Waals surface area contributed by atoms with Crippen LogP contribution < -0.4 is 4.90 Å². The van der Waals surface area contributed by atoms with Crippen LogP contribution in [0.25, 0.3) is 0 Å². The number of ether oxygens (including phenoxy) is 1. The first-order chi connectivity index (χ1) is 9.81. The van der Waals surface area contributed by atoms with Gasteiger partial charge in [0.05, 0.1) is 12.1 Å². The van der Waals surface area contributed by atoms with Gasteiger partial charge in [0.15, 0.2) is 0 Å². The Morgan fingerprint density at radius 2 is 2.05 bits per heavy atom. The third-order valence-electron chi connectivity index (χ3n) is 4.37. The first kappa shape index (κ1) is 12.1. The molecule has 1 aromatic heterocycles. The van der Waals surface area contributed by atoms with E-state index < -0.39 is 0 Å². The topological polar surface area (TPSA) is 58.6 Å². The highest BCUT2D eigenvalue weighted by Crippen LogP contribution is 2.33. The van der Waals surface area contributed by atoms with Crippen molar-refractivity contribution in [3.63, 3.8) is 0 Å². The molecule has 3 heterocycles. The summed E-state index contributed by atoms with van der Waals surface area (Å²) < 4.78 is 5.71. The fourth-order valence-electron chi connectivity index (χ4n) is 3.10. The molecule has 0 N–H and O–H groups in total. The standard InChI is InChI=1S/C14H18N4O2/c19-13-9-20-12-8-17(14-15-4-1-5-16-14)7-11(12)18(13)6-10-2-3-10/h1,4-5,10-12H,2-3,6-9H2/t11-,12+/m1/s1. The Balaban J connectivity index is 1.52. The van der Waals surface area contributed by atoms with Crippen LogP contribution in [0.5, 0.6) is 0 Å². The van der Waals surface area contributed by atoms with E-state index in [9.17, 15) is 4.79 Å². The molecule has 1 aromatic rings. The molecular formula is C14H18N4O2. The number of amides is 1. The molecule has 1 saturated carbocycles. The molecule has 0 aromatic carbocycles. The highest BCUT2D eigenvalue weighted by molar-refractivity contribution is 5.79. The monoisotopic (exact) mass is 274 g/mol. The van der Waals surface area contributed by atoms with E-state index in [1.807, 2.05) is 11.0 Å². The minimum atomic E-state index is 0.0928. The second kappa shape index (κ2) is 4.70. The molecule has 1 aliphatic carbocycles. The van der Waals surface area contributed by atoms with E-state index in [1.54, 1.807) is 12.4 Å². The van der Waals surface area contributed by atoms with E-state index in [4.69, 9.17) is 4.74 Å². The van der Waals surface area contributed by atoms with Gasteiger partial charge in [-0.05, 0) is 24.8 Å². The van der Waals surface area contributed by atoms with Crippen LogP contribution in [0.2, 0.25) is 0 Å². The predicted octanol–water partition coefficient (Wildman–Crippen LogP) is 0.303. The molecular weight excluding hydrogens is 256 g/mol. The fourth-order valence-corrected chi connectivity index (χ4v) is 3.10. The van der Waals surface area contributed by atoms with Gasteiger partial charge in [0, 0.05) is 32.0 Å². The van der Waals surface area contributed by atoms with E-state index in [0.717, 1.165) is 25.6 Å². The maximum atomic E-state index is 12.1. The molecule has 106 valence electrons. The van der Waals surface area contributed by atoms with E-state index in [0.29, 0.717) is 5.92 Å². The zero-order valence-corrected chi connectivity index (χ0v) is 11.3. The SMILES string of the molecule is O=C1CO[C@H]2CN(c3ncccn3)C[C@H]2N1CC1CC1. The van der Waals surface area contributed by atoms with E-state index in [1.165, 1.54) is 12.8 Å². The van der Waals surface area contributed by atoms with E-state index >= 15 is 0 Å². The summed E-state index contributed by atoms with van der Waals surface area (Å²) in [5.41, 5.74) is 0. The number of nitrogens with zero attached hydrogens (tertiary/aromatic N) is 4. The molecule has 6 heteroatoms. The maximum absolute atomic E-state index is 12.1. The summed E-state index contributed by atoms with van der Waals surface area (Å²) >= 11 is 0. The van der Waals surface area contributed by atoms with Crippen molar-refractivity contribution < 1.29 is 9.53 Å². The summed E-state index contributed by atoms with van der Waals surface area (Å²) in [5, 5.41) is 0. The van der Waals surface area contributed by atoms with Crippen molar-refractivity contribution in [3.05, 3.63) is 18.5 Å². The molecule has 0 bridgehead atoms. The molecule has 1 amide bonds. The van der Waals surface area contributed by atoms with Crippen LogP contribution in [0, 0.1) is 5.92 Å². The highest BCUT2D eigenvalue weighted by Gasteiger charge is 2.45. The van der Waals surface area contributed by atoms with Gasteiger partial charge in [-0.15, -0.1) is 0 Å². The summed E-state index contributed by atoms with van der Waals surface area (Å²) in [6, 6.07) is 1.96. The molecule has 4 rings (SSSR count). The Hall–Kier alpha value is -1.69. The van der Waals surface area contributed by atoms with Crippen LogP contribution in [0.1, 0.15) is 12.8 Å². The lowest BCUT2D eigenvalue weighted by molar-refractivity contribution is -0.153. The predicted molar refractivity (Wildman–Crippen MR) is 72.2 cm³/mol. The Bertz CT molecular complexity index is 505. The normalized spacial score (nSPS) is 29.7. The smallest absolute Gasteiger partial charge is 0.248 e. The Morgan fingerprint density at radius 3 is 2.80 bits per heavy atom. The number of carbonyl (C=O) groups is 1. The van der Waals surface area contributed by atoms with Gasteiger partial charge in [0.2, 0.25) is 11.9 Å². The van der Waals surface area contributed by atoms with Crippen molar-refractivity contribution in [1.82, 2.24) is 14.9 Å². The number of carbonyl (C=O) groups excluding carboxylic acids is 1. The average Bonchev–Trinajstić information content (AvgIpc) is 3.19. The molecule has 0 spiro atoms. The first-order valence-electron chi connectivity index (χ1n) is 7.24. The zero-order valence-electron chi connectivity index (χ0n) is 11.3. The number of hydrogen-bond acceptors (Lipinski definition) is 5. The van der Waals surface area contributed by atoms with Crippen molar-refractivity contribution in [3.8, 4) is 0 Å². The number of aromatic nitrogens is 2. The number of rotatable bonds is 3. The number of morpholine rings is 1. The summed E-state index contributed by atoms with van der Waals surface area (Å²) in [7, 11) is 0. The molecule has 2 atom stereocenters. The number of fused-ring (bicyclic) bond motifs is 1. The van der Waals surface area contributed by atoms with Crippen LogP contribution in [0.15, 0.2) is 18.5 Å². The van der Waals surface area contributed by atoms with E-state index in [-0.39, 0.29) is 24.7 Å². The van der Waals surface area contributed by atoms with Gasteiger partial charge >= 0.3 is 0 Å². The van der Waals surface area contributed by atoms with Crippen LogP contribution >= 0.6 is 0 Å². The Morgan fingerprint density at radius 1 is 1.25 bits per heavy atom. The van der Waals surface area contributed by atoms with E-state index in [2.05, 4.69) is 14.9 Å². The summed E-state index contributed by atoms with van der Waals surface area (Å²) in [5.74, 6) is 1.57. The third-order valence-corrected chi connectivity index (χ3v) is 4.37. The minimum Gasteiger partial charge on any atom is -0.364 e. The van der Waals surface area contributed by atoms with Gasteiger partial charge in [0.1, 0.15) is 6.61 Å². The van der Waals surface area contributed by atoms with Gasteiger partial charge in [-0.3, -0.25) is 4.79 Å². The number of anilines is 1. The molecule has 3 fully saturated rings. The van der Waals surface area contributed by atoms with Gasteiger partial charge in [0.25, 0.3) is 0 Å². The first-order valence-corrected chi connectivity index (χ1v) is 7.24. The third kappa shape index (κ3) is 2.14. The Kier molecular flexibility index (Phi) is 2.84.